The molecule has 0 aliphatic carbocycles. The van der Waals surface area contributed by atoms with Gasteiger partial charge in [0, 0.05) is 12.7 Å². The highest BCUT2D eigenvalue weighted by Crippen LogP contribution is 2.08. The zero-order valence-electron chi connectivity index (χ0n) is 8.57. The summed E-state index contributed by atoms with van der Waals surface area (Å²) in [6, 6.07) is 0. The summed E-state index contributed by atoms with van der Waals surface area (Å²) < 4.78 is 0. The van der Waals surface area contributed by atoms with Crippen molar-refractivity contribution in [3.63, 3.8) is 0 Å². The van der Waals surface area contributed by atoms with E-state index in [-0.39, 0.29) is 0 Å². The van der Waals surface area contributed by atoms with E-state index in [9.17, 15) is 0 Å². The second kappa shape index (κ2) is 5.64. The van der Waals surface area contributed by atoms with Crippen molar-refractivity contribution in [2.24, 2.45) is 0 Å². The molecule has 68 valence electrons. The van der Waals surface area contributed by atoms with Crippen LogP contribution in [-0.2, 0) is 0 Å². The van der Waals surface area contributed by atoms with Crippen LogP contribution in [-0.4, -0.2) is 7.05 Å². The molecule has 0 heterocycles. The molecule has 0 aromatic carbocycles. The molecule has 0 unspecified atom stereocenters. The molecule has 12 heavy (non-hydrogen) atoms. The summed E-state index contributed by atoms with van der Waals surface area (Å²) >= 11 is 0. The van der Waals surface area contributed by atoms with Crippen molar-refractivity contribution in [2.75, 3.05) is 7.05 Å². The van der Waals surface area contributed by atoms with Crippen LogP contribution in [0.1, 0.15) is 27.2 Å². The second-order valence-electron chi connectivity index (χ2n) is 2.93. The van der Waals surface area contributed by atoms with Gasteiger partial charge in [-0.3, -0.25) is 0 Å². The molecule has 0 aromatic rings. The Morgan fingerprint density at radius 3 is 2.25 bits per heavy atom. The third-order valence-corrected chi connectivity index (χ3v) is 1.81. The first-order chi connectivity index (χ1) is 5.61. The number of hydrogen-bond acceptors (Lipinski definition) is 1. The predicted molar refractivity (Wildman–Crippen MR) is 56.0 cm³/mol. The lowest BCUT2D eigenvalue weighted by Gasteiger charge is -2.04. The Balaban J connectivity index is 4.47. The van der Waals surface area contributed by atoms with Crippen molar-refractivity contribution in [2.45, 2.75) is 27.2 Å². The molecule has 0 fully saturated rings. The molecule has 0 radical (unpaired) electrons. The molecule has 0 saturated carbocycles. The molecule has 1 nitrogen and oxygen atoms in total. The van der Waals surface area contributed by atoms with Crippen molar-refractivity contribution in [3.05, 3.63) is 35.6 Å². The summed E-state index contributed by atoms with van der Waals surface area (Å²) in [6.45, 7) is 10.1. The second-order valence-corrected chi connectivity index (χ2v) is 2.93. The quantitative estimate of drug-likeness (QED) is 0.631. The lowest BCUT2D eigenvalue weighted by atomic mass is 10.1. The fourth-order valence-corrected chi connectivity index (χ4v) is 0.911. The molecule has 1 heteroatoms. The highest BCUT2D eigenvalue weighted by Gasteiger charge is 1.92. The summed E-state index contributed by atoms with van der Waals surface area (Å²) in [5, 5.41) is 3.14. The molecule has 0 bridgehead atoms. The third kappa shape index (κ3) is 4.02. The smallest absolute Gasteiger partial charge is 0.0105 e. The molecule has 0 rings (SSSR count). The molecule has 0 atom stereocenters. The maximum atomic E-state index is 3.82. The van der Waals surface area contributed by atoms with Gasteiger partial charge in [-0.25, -0.2) is 0 Å². The average molecular weight is 165 g/mol. The van der Waals surface area contributed by atoms with Crippen molar-refractivity contribution in [3.8, 4) is 0 Å². The van der Waals surface area contributed by atoms with Gasteiger partial charge in [-0.15, -0.1) is 0 Å². The monoisotopic (exact) mass is 165 g/mol. The van der Waals surface area contributed by atoms with Crippen LogP contribution in [0.15, 0.2) is 35.6 Å². The minimum Gasteiger partial charge on any atom is -0.391 e. The summed E-state index contributed by atoms with van der Waals surface area (Å²) in [6.07, 6.45) is 5.21. The van der Waals surface area contributed by atoms with E-state index in [1.54, 1.807) is 0 Å². The van der Waals surface area contributed by atoms with Crippen molar-refractivity contribution in [1.29, 1.82) is 0 Å². The van der Waals surface area contributed by atoms with E-state index in [0.29, 0.717) is 0 Å². The fourth-order valence-electron chi connectivity index (χ4n) is 0.911. The van der Waals surface area contributed by atoms with E-state index in [0.717, 1.165) is 12.0 Å². The minimum atomic E-state index is 1.05. The molecule has 0 spiro atoms. The summed E-state index contributed by atoms with van der Waals surface area (Å²) in [7, 11) is 1.94. The van der Waals surface area contributed by atoms with Gasteiger partial charge < -0.3 is 5.32 Å². The van der Waals surface area contributed by atoms with Gasteiger partial charge in [0.1, 0.15) is 0 Å². The Kier molecular flexibility index (Phi) is 5.18. The minimum absolute atomic E-state index is 1.05. The highest BCUT2D eigenvalue weighted by atomic mass is 14.8. The third-order valence-electron chi connectivity index (χ3n) is 1.81. The standard InChI is InChI=1S/C11H19N/c1-6-11(10(4)12-5)8-7-9(2)3/h7-8,12H,2,6H2,1,3-5H3/b8-7-,11-10+. The van der Waals surface area contributed by atoms with Gasteiger partial charge in [0.15, 0.2) is 0 Å². The largest absolute Gasteiger partial charge is 0.391 e. The molecule has 0 saturated heterocycles. The lowest BCUT2D eigenvalue weighted by Crippen LogP contribution is -2.04. The molecule has 1 N–H and O–H groups in total. The van der Waals surface area contributed by atoms with Gasteiger partial charge in [-0.1, -0.05) is 31.2 Å². The number of allylic oxidation sites excluding steroid dienone is 5. The van der Waals surface area contributed by atoms with Crippen molar-refractivity contribution in [1.82, 2.24) is 5.32 Å². The molecule has 0 aromatic heterocycles. The maximum Gasteiger partial charge on any atom is 0.0105 e. The lowest BCUT2D eigenvalue weighted by molar-refractivity contribution is 0.940. The maximum absolute atomic E-state index is 3.82. The van der Waals surface area contributed by atoms with E-state index in [2.05, 4.69) is 31.8 Å². The summed E-state index contributed by atoms with van der Waals surface area (Å²) in [4.78, 5) is 0. The Morgan fingerprint density at radius 1 is 1.33 bits per heavy atom. The normalized spacial score (nSPS) is 13.0. The van der Waals surface area contributed by atoms with Crippen molar-refractivity contribution >= 4 is 0 Å². The number of hydrogen-bond donors (Lipinski definition) is 1. The van der Waals surface area contributed by atoms with E-state index < -0.39 is 0 Å². The van der Waals surface area contributed by atoms with Crippen molar-refractivity contribution < 1.29 is 0 Å². The molecule has 0 amide bonds. The van der Waals surface area contributed by atoms with Crippen LogP contribution >= 0.6 is 0 Å². The van der Waals surface area contributed by atoms with E-state index in [1.807, 2.05) is 20.0 Å². The molecule has 0 aliphatic rings. The Hall–Kier alpha value is -0.980. The van der Waals surface area contributed by atoms with Crippen LogP contribution < -0.4 is 5.32 Å². The first kappa shape index (κ1) is 11.0. The van der Waals surface area contributed by atoms with Gasteiger partial charge in [-0.2, -0.15) is 0 Å². The molecular formula is C11H19N. The first-order valence-corrected chi connectivity index (χ1v) is 4.32. The van der Waals surface area contributed by atoms with Crippen LogP contribution in [0.25, 0.3) is 0 Å². The van der Waals surface area contributed by atoms with Gasteiger partial charge in [-0.05, 0) is 25.8 Å². The summed E-state index contributed by atoms with van der Waals surface area (Å²) in [5.41, 5.74) is 3.65. The van der Waals surface area contributed by atoms with Crippen LogP contribution in [0.3, 0.4) is 0 Å². The number of rotatable bonds is 4. The fraction of sp³-hybridized carbons (Fsp3) is 0.455. The molecular weight excluding hydrogens is 146 g/mol. The Bertz CT molecular complexity index is 209. The Labute approximate surface area is 75.9 Å². The van der Waals surface area contributed by atoms with Gasteiger partial charge in [0.25, 0.3) is 0 Å². The predicted octanol–water partition coefficient (Wildman–Crippen LogP) is 3.02. The van der Waals surface area contributed by atoms with Crippen LogP contribution in [0.5, 0.6) is 0 Å². The van der Waals surface area contributed by atoms with Crippen LogP contribution in [0.2, 0.25) is 0 Å². The highest BCUT2D eigenvalue weighted by molar-refractivity contribution is 5.28. The topological polar surface area (TPSA) is 12.0 Å². The van der Waals surface area contributed by atoms with E-state index >= 15 is 0 Å². The van der Waals surface area contributed by atoms with Gasteiger partial charge >= 0.3 is 0 Å². The van der Waals surface area contributed by atoms with Gasteiger partial charge in [0.2, 0.25) is 0 Å². The summed E-state index contributed by atoms with van der Waals surface area (Å²) in [5.74, 6) is 0. The van der Waals surface area contributed by atoms with Crippen LogP contribution in [0.4, 0.5) is 0 Å². The first-order valence-electron chi connectivity index (χ1n) is 4.32. The SMILES string of the molecule is C=C(C)/C=C\C(CC)=C(/C)NC. The van der Waals surface area contributed by atoms with Gasteiger partial charge in [0.05, 0.1) is 0 Å². The zero-order valence-corrected chi connectivity index (χ0v) is 8.57. The van der Waals surface area contributed by atoms with Crippen LogP contribution in [0, 0.1) is 0 Å². The molecule has 0 aliphatic heterocycles. The zero-order chi connectivity index (χ0) is 9.56. The van der Waals surface area contributed by atoms with E-state index in [4.69, 9.17) is 0 Å². The Morgan fingerprint density at radius 2 is 1.92 bits per heavy atom. The van der Waals surface area contributed by atoms with E-state index in [1.165, 1.54) is 11.3 Å². The number of nitrogens with one attached hydrogen (secondary N) is 1. The average Bonchev–Trinajstić information content (AvgIpc) is 2.04.